The van der Waals surface area contributed by atoms with Crippen LogP contribution < -0.4 is 0 Å². The number of aliphatic hydroxyl groups is 1. The zero-order valence-electron chi connectivity index (χ0n) is 9.64. The van der Waals surface area contributed by atoms with Gasteiger partial charge in [-0.25, -0.2) is 0 Å². The standard InChI is InChI=1S/C7H15O.C5H10/c1-7(2,3)5-4-6-8;1-4-5(2)3/h8H,1,4-6H2,2-3H3;4-5H,1H2,2-3H3/q-1;. The molecule has 13 heavy (non-hydrogen) atoms. The SMILES string of the molecule is C=CC(C)C.[CH2-]C(C)(C)CCCO. The van der Waals surface area contributed by atoms with E-state index in [1.165, 1.54) is 0 Å². The molecular formula is C12H25O-. The smallest absolute Gasteiger partial charge is 0.0430 e. The van der Waals surface area contributed by atoms with Crippen LogP contribution in [-0.4, -0.2) is 11.7 Å². The van der Waals surface area contributed by atoms with Crippen molar-refractivity contribution in [2.45, 2.75) is 40.5 Å². The van der Waals surface area contributed by atoms with E-state index in [9.17, 15) is 0 Å². The van der Waals surface area contributed by atoms with Gasteiger partial charge in [-0.2, -0.15) is 5.41 Å². The Bertz CT molecular complexity index is 109. The molecule has 0 amide bonds. The summed E-state index contributed by atoms with van der Waals surface area (Å²) in [6, 6.07) is 0. The maximum absolute atomic E-state index is 8.40. The van der Waals surface area contributed by atoms with E-state index in [0.717, 1.165) is 12.8 Å². The minimum absolute atomic E-state index is 0.142. The maximum Gasteiger partial charge on any atom is 0.0430 e. The molecule has 0 rings (SSSR count). The van der Waals surface area contributed by atoms with Gasteiger partial charge in [0.05, 0.1) is 0 Å². The van der Waals surface area contributed by atoms with E-state index in [2.05, 4.69) is 41.2 Å². The van der Waals surface area contributed by atoms with Gasteiger partial charge in [0, 0.05) is 6.61 Å². The largest absolute Gasteiger partial charge is 0.396 e. The van der Waals surface area contributed by atoms with Gasteiger partial charge in [-0.05, 0) is 12.3 Å². The van der Waals surface area contributed by atoms with Gasteiger partial charge in [-0.3, -0.25) is 0 Å². The van der Waals surface area contributed by atoms with Crippen LogP contribution in [0.3, 0.4) is 0 Å². The molecule has 0 heterocycles. The fourth-order valence-electron chi connectivity index (χ4n) is 0.558. The third kappa shape index (κ3) is 24.5. The predicted octanol–water partition coefficient (Wildman–Crippen LogP) is 3.45. The van der Waals surface area contributed by atoms with Crippen LogP contribution in [0, 0.1) is 18.3 Å². The molecule has 0 spiro atoms. The monoisotopic (exact) mass is 185 g/mol. The van der Waals surface area contributed by atoms with Gasteiger partial charge in [0.1, 0.15) is 0 Å². The van der Waals surface area contributed by atoms with Gasteiger partial charge in [0.25, 0.3) is 0 Å². The molecule has 80 valence electrons. The lowest BCUT2D eigenvalue weighted by Gasteiger charge is -2.25. The van der Waals surface area contributed by atoms with Gasteiger partial charge in [-0.15, -0.1) is 6.58 Å². The van der Waals surface area contributed by atoms with E-state index >= 15 is 0 Å². The first-order chi connectivity index (χ1) is 5.83. The first-order valence-electron chi connectivity index (χ1n) is 4.92. The van der Waals surface area contributed by atoms with E-state index in [4.69, 9.17) is 5.11 Å². The van der Waals surface area contributed by atoms with Gasteiger partial charge in [0.2, 0.25) is 0 Å². The Kier molecular flexibility index (Phi) is 9.70. The molecule has 0 atom stereocenters. The molecule has 0 bridgehead atoms. The third-order valence-corrected chi connectivity index (χ3v) is 1.48. The molecule has 0 aromatic carbocycles. The molecule has 0 fully saturated rings. The number of hydrogen-bond acceptors (Lipinski definition) is 1. The molecular weight excluding hydrogens is 160 g/mol. The Labute approximate surface area is 83.9 Å². The number of aliphatic hydroxyl groups excluding tert-OH is 1. The van der Waals surface area contributed by atoms with Crippen molar-refractivity contribution in [2.75, 3.05) is 6.61 Å². The fraction of sp³-hybridized carbons (Fsp3) is 0.750. The molecule has 0 saturated heterocycles. The van der Waals surface area contributed by atoms with Crippen molar-refractivity contribution in [1.29, 1.82) is 0 Å². The van der Waals surface area contributed by atoms with Gasteiger partial charge in [0.15, 0.2) is 0 Å². The van der Waals surface area contributed by atoms with Crippen LogP contribution in [0.5, 0.6) is 0 Å². The second kappa shape index (κ2) is 8.31. The van der Waals surface area contributed by atoms with Gasteiger partial charge < -0.3 is 12.0 Å². The Balaban J connectivity index is 0. The number of hydrogen-bond donors (Lipinski definition) is 1. The zero-order chi connectivity index (χ0) is 10.9. The highest BCUT2D eigenvalue weighted by molar-refractivity contribution is 4.69. The number of allylic oxidation sites excluding steroid dienone is 1. The summed E-state index contributed by atoms with van der Waals surface area (Å²) in [5.41, 5.74) is 0.142. The van der Waals surface area contributed by atoms with Crippen molar-refractivity contribution in [3.63, 3.8) is 0 Å². The molecule has 0 radical (unpaired) electrons. The van der Waals surface area contributed by atoms with E-state index in [1.807, 2.05) is 6.08 Å². The summed E-state index contributed by atoms with van der Waals surface area (Å²) in [7, 11) is 0. The fourth-order valence-corrected chi connectivity index (χ4v) is 0.558. The molecule has 0 saturated carbocycles. The summed E-state index contributed by atoms with van der Waals surface area (Å²) in [4.78, 5) is 0. The van der Waals surface area contributed by atoms with Crippen LogP contribution >= 0.6 is 0 Å². The van der Waals surface area contributed by atoms with E-state index in [1.54, 1.807) is 0 Å². The highest BCUT2D eigenvalue weighted by atomic mass is 16.2. The van der Waals surface area contributed by atoms with Crippen molar-refractivity contribution in [3.05, 3.63) is 19.6 Å². The lowest BCUT2D eigenvalue weighted by Crippen LogP contribution is -2.05. The minimum Gasteiger partial charge on any atom is -0.396 e. The summed E-state index contributed by atoms with van der Waals surface area (Å²) in [6.45, 7) is 16.1. The molecule has 1 nitrogen and oxygen atoms in total. The van der Waals surface area contributed by atoms with E-state index in [0.29, 0.717) is 12.5 Å². The highest BCUT2D eigenvalue weighted by Gasteiger charge is 1.99. The van der Waals surface area contributed by atoms with Crippen molar-refractivity contribution in [3.8, 4) is 0 Å². The molecule has 0 aromatic rings. The van der Waals surface area contributed by atoms with Crippen molar-refractivity contribution in [1.82, 2.24) is 0 Å². The lowest BCUT2D eigenvalue weighted by atomic mass is 9.91. The van der Waals surface area contributed by atoms with Crippen molar-refractivity contribution < 1.29 is 5.11 Å². The second-order valence-electron chi connectivity index (χ2n) is 4.47. The average molecular weight is 185 g/mol. The molecule has 0 aliphatic rings. The van der Waals surface area contributed by atoms with E-state index in [-0.39, 0.29) is 5.41 Å². The summed E-state index contributed by atoms with van der Waals surface area (Å²) >= 11 is 0. The molecule has 0 aliphatic carbocycles. The topological polar surface area (TPSA) is 20.2 Å². The normalized spacial score (nSPS) is 10.7. The zero-order valence-corrected chi connectivity index (χ0v) is 9.64. The third-order valence-electron chi connectivity index (χ3n) is 1.48. The van der Waals surface area contributed by atoms with Crippen LogP contribution in [-0.2, 0) is 0 Å². The quantitative estimate of drug-likeness (QED) is 0.525. The highest BCUT2D eigenvalue weighted by Crippen LogP contribution is 2.18. The van der Waals surface area contributed by atoms with Crippen molar-refractivity contribution >= 4 is 0 Å². The Morgan fingerprint density at radius 3 is 1.92 bits per heavy atom. The Hall–Kier alpha value is -0.300. The molecule has 0 unspecified atom stereocenters. The van der Waals surface area contributed by atoms with Crippen LogP contribution in [0.25, 0.3) is 0 Å². The summed E-state index contributed by atoms with van der Waals surface area (Å²) in [5, 5.41) is 8.40. The summed E-state index contributed by atoms with van der Waals surface area (Å²) in [6.07, 6.45) is 3.79. The summed E-state index contributed by atoms with van der Waals surface area (Å²) < 4.78 is 0. The Morgan fingerprint density at radius 1 is 1.46 bits per heavy atom. The van der Waals surface area contributed by atoms with Crippen LogP contribution in [0.1, 0.15) is 40.5 Å². The molecule has 1 N–H and O–H groups in total. The maximum atomic E-state index is 8.40. The molecule has 1 heteroatoms. The second-order valence-corrected chi connectivity index (χ2v) is 4.47. The van der Waals surface area contributed by atoms with Gasteiger partial charge >= 0.3 is 0 Å². The van der Waals surface area contributed by atoms with Gasteiger partial charge in [-0.1, -0.05) is 40.2 Å². The summed E-state index contributed by atoms with van der Waals surface area (Å²) in [5.74, 6) is 0.648. The van der Waals surface area contributed by atoms with Crippen LogP contribution in [0.2, 0.25) is 0 Å². The van der Waals surface area contributed by atoms with Crippen LogP contribution in [0.4, 0.5) is 0 Å². The van der Waals surface area contributed by atoms with Crippen LogP contribution in [0.15, 0.2) is 12.7 Å². The van der Waals surface area contributed by atoms with E-state index < -0.39 is 0 Å². The number of rotatable bonds is 4. The molecule has 0 aliphatic heterocycles. The first kappa shape index (κ1) is 15.2. The Morgan fingerprint density at radius 2 is 1.85 bits per heavy atom. The first-order valence-corrected chi connectivity index (χ1v) is 4.92. The lowest BCUT2D eigenvalue weighted by molar-refractivity contribution is 0.261. The average Bonchev–Trinajstić information content (AvgIpc) is 2.00. The predicted molar refractivity (Wildman–Crippen MR) is 60.5 cm³/mol. The van der Waals surface area contributed by atoms with Crippen molar-refractivity contribution in [2.24, 2.45) is 11.3 Å². The minimum atomic E-state index is 0.142. The molecule has 0 aromatic heterocycles.